The van der Waals surface area contributed by atoms with Gasteiger partial charge in [0, 0.05) is 50.5 Å². The maximum Gasteiger partial charge on any atom is 0.255 e. The lowest BCUT2D eigenvalue weighted by molar-refractivity contribution is 0.0760. The first kappa shape index (κ1) is 15.7. The van der Waals surface area contributed by atoms with Crippen LogP contribution in [0.25, 0.3) is 11.0 Å². The molecule has 128 valence electrons. The van der Waals surface area contributed by atoms with E-state index in [1.165, 1.54) is 0 Å². The molecular formula is C19H21N5O. The summed E-state index contributed by atoms with van der Waals surface area (Å²) in [5.41, 5.74) is 2.34. The molecule has 1 atom stereocenters. The summed E-state index contributed by atoms with van der Waals surface area (Å²) in [6.45, 7) is 3.69. The molecule has 4 heterocycles. The van der Waals surface area contributed by atoms with Crippen molar-refractivity contribution in [2.24, 2.45) is 5.92 Å². The second-order valence-electron chi connectivity index (χ2n) is 6.82. The zero-order valence-electron chi connectivity index (χ0n) is 14.5. The maximum absolute atomic E-state index is 12.8. The number of carbonyl (C=O) groups is 1. The Morgan fingerprint density at radius 2 is 2.28 bits per heavy atom. The molecule has 4 rings (SSSR count). The van der Waals surface area contributed by atoms with Crippen molar-refractivity contribution >= 4 is 16.9 Å². The molecule has 1 amide bonds. The maximum atomic E-state index is 12.8. The van der Waals surface area contributed by atoms with Gasteiger partial charge in [-0.1, -0.05) is 0 Å². The Balaban J connectivity index is 1.46. The van der Waals surface area contributed by atoms with E-state index < -0.39 is 0 Å². The minimum Gasteiger partial charge on any atom is -0.341 e. The summed E-state index contributed by atoms with van der Waals surface area (Å²) in [4.78, 5) is 27.6. The predicted molar refractivity (Wildman–Crippen MR) is 95.3 cm³/mol. The molecule has 0 saturated carbocycles. The molecule has 25 heavy (non-hydrogen) atoms. The molecule has 0 saturated heterocycles. The number of nitrogens with zero attached hydrogens (tertiary/aromatic N) is 5. The lowest BCUT2D eigenvalue weighted by Gasteiger charge is -2.28. The molecule has 6 heteroatoms. The molecule has 1 aliphatic rings. The van der Waals surface area contributed by atoms with Crippen molar-refractivity contribution in [3.63, 3.8) is 0 Å². The molecule has 0 aromatic carbocycles. The van der Waals surface area contributed by atoms with Gasteiger partial charge in [0.1, 0.15) is 5.82 Å². The number of rotatable bonds is 3. The summed E-state index contributed by atoms with van der Waals surface area (Å²) in [6.07, 6.45) is 7.46. The van der Waals surface area contributed by atoms with Gasteiger partial charge in [-0.05, 0) is 37.5 Å². The molecule has 6 nitrogen and oxygen atoms in total. The number of aromatic nitrogens is 4. The zero-order valence-corrected chi connectivity index (χ0v) is 14.5. The van der Waals surface area contributed by atoms with Crippen LogP contribution in [0.4, 0.5) is 0 Å². The third-order valence-electron chi connectivity index (χ3n) is 4.79. The molecule has 0 radical (unpaired) electrons. The van der Waals surface area contributed by atoms with Crippen LogP contribution in [0.5, 0.6) is 0 Å². The highest BCUT2D eigenvalue weighted by atomic mass is 16.2. The van der Waals surface area contributed by atoms with Crippen LogP contribution in [-0.2, 0) is 13.0 Å². The van der Waals surface area contributed by atoms with Crippen molar-refractivity contribution in [3.05, 3.63) is 53.9 Å². The van der Waals surface area contributed by atoms with E-state index in [9.17, 15) is 4.79 Å². The van der Waals surface area contributed by atoms with Gasteiger partial charge in [0.25, 0.3) is 5.91 Å². The van der Waals surface area contributed by atoms with Crippen molar-refractivity contribution in [1.29, 1.82) is 0 Å². The number of carbonyl (C=O) groups excluding carboxylic acids is 1. The fourth-order valence-corrected chi connectivity index (χ4v) is 3.58. The number of amides is 1. The second kappa shape index (κ2) is 6.27. The van der Waals surface area contributed by atoms with Gasteiger partial charge < -0.3 is 9.47 Å². The summed E-state index contributed by atoms with van der Waals surface area (Å²) in [7, 11) is 1.87. The van der Waals surface area contributed by atoms with E-state index in [1.54, 1.807) is 17.3 Å². The van der Waals surface area contributed by atoms with Crippen molar-refractivity contribution in [1.82, 2.24) is 24.4 Å². The van der Waals surface area contributed by atoms with E-state index in [0.717, 1.165) is 42.8 Å². The molecule has 1 unspecified atom stereocenters. The van der Waals surface area contributed by atoms with E-state index in [4.69, 9.17) is 0 Å². The lowest BCUT2D eigenvalue weighted by Crippen LogP contribution is -2.35. The van der Waals surface area contributed by atoms with Gasteiger partial charge in [0.05, 0.1) is 11.3 Å². The summed E-state index contributed by atoms with van der Waals surface area (Å²) < 4.78 is 2.23. The Morgan fingerprint density at radius 3 is 3.16 bits per heavy atom. The third kappa shape index (κ3) is 3.12. The van der Waals surface area contributed by atoms with Gasteiger partial charge in [-0.3, -0.25) is 4.79 Å². The molecule has 3 aromatic heterocycles. The van der Waals surface area contributed by atoms with Crippen LogP contribution in [0, 0.1) is 12.8 Å². The van der Waals surface area contributed by atoms with Crippen LogP contribution in [0.1, 0.15) is 28.3 Å². The van der Waals surface area contributed by atoms with Crippen LogP contribution < -0.4 is 0 Å². The normalized spacial score (nSPS) is 16.6. The van der Waals surface area contributed by atoms with Gasteiger partial charge in [-0.2, -0.15) is 0 Å². The van der Waals surface area contributed by atoms with E-state index in [2.05, 4.69) is 25.7 Å². The Hall–Kier alpha value is -2.76. The monoisotopic (exact) mass is 335 g/mol. The van der Waals surface area contributed by atoms with Crippen molar-refractivity contribution < 1.29 is 4.79 Å². The van der Waals surface area contributed by atoms with Crippen LogP contribution >= 0.6 is 0 Å². The number of hydrogen-bond acceptors (Lipinski definition) is 4. The predicted octanol–water partition coefficient (Wildman–Crippen LogP) is 2.47. The average molecular weight is 335 g/mol. The van der Waals surface area contributed by atoms with Gasteiger partial charge in [0.2, 0.25) is 0 Å². The van der Waals surface area contributed by atoms with Gasteiger partial charge in [-0.25, -0.2) is 15.0 Å². The first-order chi connectivity index (χ1) is 12.1. The highest BCUT2D eigenvalue weighted by Gasteiger charge is 2.23. The van der Waals surface area contributed by atoms with Crippen molar-refractivity contribution in [2.75, 3.05) is 13.6 Å². The van der Waals surface area contributed by atoms with Gasteiger partial charge >= 0.3 is 0 Å². The molecule has 0 spiro atoms. The molecule has 3 aromatic rings. The average Bonchev–Trinajstić information content (AvgIpc) is 3.00. The van der Waals surface area contributed by atoms with Crippen LogP contribution in [0.3, 0.4) is 0 Å². The van der Waals surface area contributed by atoms with E-state index in [1.807, 2.05) is 32.2 Å². The quantitative estimate of drug-likeness (QED) is 0.737. The molecule has 0 N–H and O–H groups in total. The molecular weight excluding hydrogens is 314 g/mol. The van der Waals surface area contributed by atoms with Gasteiger partial charge in [0.15, 0.2) is 5.65 Å². The number of fused-ring (bicyclic) bond motifs is 2. The second-order valence-corrected chi connectivity index (χ2v) is 6.82. The first-order valence-corrected chi connectivity index (χ1v) is 8.59. The molecule has 0 aliphatic carbocycles. The van der Waals surface area contributed by atoms with Crippen molar-refractivity contribution in [2.45, 2.75) is 26.3 Å². The topological polar surface area (TPSA) is 63.9 Å². The molecule has 1 aliphatic heterocycles. The highest BCUT2D eigenvalue weighted by molar-refractivity contribution is 5.96. The highest BCUT2D eigenvalue weighted by Crippen LogP contribution is 2.21. The van der Waals surface area contributed by atoms with Crippen molar-refractivity contribution in [3.8, 4) is 0 Å². The third-order valence-corrected chi connectivity index (χ3v) is 4.79. The van der Waals surface area contributed by atoms with E-state index in [-0.39, 0.29) is 5.91 Å². The van der Waals surface area contributed by atoms with Crippen LogP contribution in [-0.4, -0.2) is 43.9 Å². The smallest absolute Gasteiger partial charge is 0.255 e. The first-order valence-electron chi connectivity index (χ1n) is 8.59. The lowest BCUT2D eigenvalue weighted by atomic mass is 9.98. The van der Waals surface area contributed by atoms with Crippen LogP contribution in [0.2, 0.25) is 0 Å². The van der Waals surface area contributed by atoms with E-state index in [0.29, 0.717) is 17.1 Å². The van der Waals surface area contributed by atoms with Crippen LogP contribution in [0.15, 0.2) is 36.8 Å². The number of hydrogen-bond donors (Lipinski definition) is 0. The Kier molecular flexibility index (Phi) is 3.95. The minimum atomic E-state index is 0.00543. The summed E-state index contributed by atoms with van der Waals surface area (Å²) in [6, 6.07) is 5.65. The Morgan fingerprint density at radius 1 is 1.40 bits per heavy atom. The standard InChI is InChI=1S/C19H21N5O/c1-13-10-24-12-14(5-6-17(24)22-13)11-23(2)19(25)16-8-15-4-3-7-20-18(15)21-9-16/h3-4,7-10,14H,5-6,11-12H2,1-2H3. The van der Waals surface area contributed by atoms with E-state index >= 15 is 0 Å². The van der Waals surface area contributed by atoms with Gasteiger partial charge in [-0.15, -0.1) is 0 Å². The Labute approximate surface area is 146 Å². The zero-order chi connectivity index (χ0) is 17.4. The number of aryl methyl sites for hydroxylation is 2. The summed E-state index contributed by atoms with van der Waals surface area (Å²) in [5.74, 6) is 1.62. The number of imidazole rings is 1. The Bertz CT molecular complexity index is 932. The fraction of sp³-hybridized carbons (Fsp3) is 0.368. The molecule has 0 bridgehead atoms. The largest absolute Gasteiger partial charge is 0.341 e. The molecule has 0 fully saturated rings. The fourth-order valence-electron chi connectivity index (χ4n) is 3.58. The minimum absolute atomic E-state index is 0.00543. The summed E-state index contributed by atoms with van der Waals surface area (Å²) in [5, 5.41) is 0.887. The SMILES string of the molecule is Cc1cn2c(n1)CCC(CN(C)C(=O)c1cnc3ncccc3c1)C2. The number of pyridine rings is 2. The summed E-state index contributed by atoms with van der Waals surface area (Å²) >= 11 is 0.